The lowest BCUT2D eigenvalue weighted by molar-refractivity contribution is 0.208. The fourth-order valence-corrected chi connectivity index (χ4v) is 4.46. The minimum absolute atomic E-state index is 0.110. The molecule has 7 nitrogen and oxygen atoms in total. The fourth-order valence-electron chi connectivity index (χ4n) is 4.46. The first-order chi connectivity index (χ1) is 17.1. The zero-order valence-corrected chi connectivity index (χ0v) is 19.9. The largest absolute Gasteiger partial charge is 0.348 e. The quantitative estimate of drug-likeness (QED) is 0.473. The number of para-hydroxylation sites is 2. The summed E-state index contributed by atoms with van der Waals surface area (Å²) in [6.45, 7) is 4.72. The number of benzene rings is 3. The molecule has 0 radical (unpaired) electrons. The number of carbonyl (C=O) groups excluding carboxylic acids is 1. The van der Waals surface area contributed by atoms with E-state index >= 15 is 0 Å². The minimum atomic E-state index is -0.123. The van der Waals surface area contributed by atoms with Gasteiger partial charge in [-0.25, -0.2) is 9.78 Å². The Morgan fingerprint density at radius 2 is 1.54 bits per heavy atom. The van der Waals surface area contributed by atoms with Crippen LogP contribution in [0.4, 0.5) is 16.3 Å². The molecule has 0 bridgehead atoms. The molecular weight excluding hydrogens is 438 g/mol. The Morgan fingerprint density at radius 3 is 2.26 bits per heavy atom. The standard InChI is InChI=1S/C28H29N5O2/c1-2-21-12-14-23(15-13-21)29-28(35)32-18-16-31(17-19-32)26-27(34)33(20-22-8-4-3-5-9-22)25-11-7-6-10-24(25)30-26/h3-15H,2,16-20H2,1H3,(H,29,35). The van der Waals surface area contributed by atoms with Gasteiger partial charge in [-0.2, -0.15) is 0 Å². The third-order valence-electron chi connectivity index (χ3n) is 6.50. The third kappa shape index (κ3) is 4.89. The number of anilines is 2. The Balaban J connectivity index is 1.33. The average molecular weight is 468 g/mol. The molecule has 0 atom stereocenters. The van der Waals surface area contributed by atoms with Crippen molar-refractivity contribution in [2.24, 2.45) is 0 Å². The van der Waals surface area contributed by atoms with E-state index < -0.39 is 0 Å². The van der Waals surface area contributed by atoms with E-state index in [2.05, 4.69) is 12.2 Å². The second-order valence-electron chi connectivity index (χ2n) is 8.76. The number of aromatic nitrogens is 2. The molecule has 1 fully saturated rings. The summed E-state index contributed by atoms with van der Waals surface area (Å²) in [5.74, 6) is 0.440. The molecule has 4 aromatic rings. The van der Waals surface area contributed by atoms with E-state index in [1.165, 1.54) is 5.56 Å². The van der Waals surface area contributed by atoms with Crippen LogP contribution in [0.5, 0.6) is 0 Å². The molecule has 35 heavy (non-hydrogen) atoms. The van der Waals surface area contributed by atoms with E-state index in [9.17, 15) is 9.59 Å². The number of carbonyl (C=O) groups is 1. The topological polar surface area (TPSA) is 70.5 Å². The highest BCUT2D eigenvalue weighted by Gasteiger charge is 2.25. The number of nitrogens with zero attached hydrogens (tertiary/aromatic N) is 4. The van der Waals surface area contributed by atoms with Crippen molar-refractivity contribution in [3.05, 3.63) is 100 Å². The van der Waals surface area contributed by atoms with Crippen molar-refractivity contribution >= 4 is 28.6 Å². The number of amides is 2. The fraction of sp³-hybridized carbons (Fsp3) is 0.250. The first-order valence-corrected chi connectivity index (χ1v) is 12.1. The summed E-state index contributed by atoms with van der Waals surface area (Å²) in [7, 11) is 0. The Labute approximate surface area is 204 Å². The molecule has 0 saturated carbocycles. The number of aryl methyl sites for hydroxylation is 1. The second kappa shape index (κ2) is 10.0. The first kappa shape index (κ1) is 22.7. The van der Waals surface area contributed by atoms with Crippen LogP contribution in [0.3, 0.4) is 0 Å². The molecule has 178 valence electrons. The predicted molar refractivity (Wildman–Crippen MR) is 140 cm³/mol. The number of urea groups is 1. The van der Waals surface area contributed by atoms with Crippen LogP contribution in [0.25, 0.3) is 11.0 Å². The number of piperazine rings is 1. The van der Waals surface area contributed by atoms with Crippen molar-refractivity contribution in [3.63, 3.8) is 0 Å². The zero-order chi connectivity index (χ0) is 24.2. The summed E-state index contributed by atoms with van der Waals surface area (Å²) in [5.41, 5.74) is 4.57. The monoisotopic (exact) mass is 467 g/mol. The highest BCUT2D eigenvalue weighted by molar-refractivity contribution is 5.89. The van der Waals surface area contributed by atoms with E-state index in [1.54, 1.807) is 9.47 Å². The second-order valence-corrected chi connectivity index (χ2v) is 8.76. The summed E-state index contributed by atoms with van der Waals surface area (Å²) >= 11 is 0. The predicted octanol–water partition coefficient (Wildman–Crippen LogP) is 4.36. The van der Waals surface area contributed by atoms with Gasteiger partial charge in [-0.1, -0.05) is 61.5 Å². The van der Waals surface area contributed by atoms with Gasteiger partial charge in [0.1, 0.15) is 0 Å². The van der Waals surface area contributed by atoms with Crippen LogP contribution >= 0.6 is 0 Å². The number of hydrogen-bond acceptors (Lipinski definition) is 4. The van der Waals surface area contributed by atoms with Crippen molar-refractivity contribution in [3.8, 4) is 0 Å². The molecule has 1 N–H and O–H groups in total. The van der Waals surface area contributed by atoms with Crippen LogP contribution in [0.1, 0.15) is 18.1 Å². The maximum atomic E-state index is 13.6. The van der Waals surface area contributed by atoms with Crippen molar-refractivity contribution < 1.29 is 4.79 Å². The normalized spacial score (nSPS) is 13.7. The van der Waals surface area contributed by atoms with Crippen LogP contribution in [-0.2, 0) is 13.0 Å². The minimum Gasteiger partial charge on any atom is -0.348 e. The Morgan fingerprint density at radius 1 is 0.857 bits per heavy atom. The van der Waals surface area contributed by atoms with Gasteiger partial charge in [-0.3, -0.25) is 9.36 Å². The number of nitrogens with one attached hydrogen (secondary N) is 1. The van der Waals surface area contributed by atoms with Gasteiger partial charge < -0.3 is 15.1 Å². The van der Waals surface area contributed by atoms with Gasteiger partial charge in [-0.05, 0) is 41.8 Å². The van der Waals surface area contributed by atoms with Crippen molar-refractivity contribution in [2.75, 3.05) is 36.4 Å². The highest BCUT2D eigenvalue weighted by atomic mass is 16.2. The van der Waals surface area contributed by atoms with Crippen LogP contribution in [-0.4, -0.2) is 46.7 Å². The van der Waals surface area contributed by atoms with E-state index in [-0.39, 0.29) is 11.6 Å². The number of hydrogen-bond donors (Lipinski definition) is 1. The number of rotatable bonds is 5. The smallest absolute Gasteiger partial charge is 0.321 e. The molecule has 7 heteroatoms. The molecule has 3 aromatic carbocycles. The van der Waals surface area contributed by atoms with E-state index in [0.717, 1.165) is 28.7 Å². The molecule has 5 rings (SSSR count). The van der Waals surface area contributed by atoms with Crippen LogP contribution in [0, 0.1) is 0 Å². The Hall–Kier alpha value is -4.13. The van der Waals surface area contributed by atoms with Crippen molar-refractivity contribution in [2.45, 2.75) is 19.9 Å². The maximum Gasteiger partial charge on any atom is 0.321 e. The summed E-state index contributed by atoms with van der Waals surface area (Å²) < 4.78 is 1.80. The van der Waals surface area contributed by atoms with E-state index in [1.807, 2.05) is 83.8 Å². The van der Waals surface area contributed by atoms with Gasteiger partial charge in [0.15, 0.2) is 5.82 Å². The molecule has 2 amide bonds. The number of fused-ring (bicyclic) bond motifs is 1. The lowest BCUT2D eigenvalue weighted by atomic mass is 10.1. The van der Waals surface area contributed by atoms with Crippen LogP contribution in [0.15, 0.2) is 83.7 Å². The molecule has 1 aromatic heterocycles. The van der Waals surface area contributed by atoms with E-state index in [0.29, 0.717) is 38.5 Å². The maximum absolute atomic E-state index is 13.6. The molecule has 2 heterocycles. The third-order valence-corrected chi connectivity index (χ3v) is 6.50. The summed E-state index contributed by atoms with van der Waals surface area (Å²) in [5, 5.41) is 2.98. The van der Waals surface area contributed by atoms with Crippen LogP contribution in [0.2, 0.25) is 0 Å². The molecule has 1 saturated heterocycles. The SMILES string of the molecule is CCc1ccc(NC(=O)N2CCN(c3nc4ccccc4n(Cc4ccccc4)c3=O)CC2)cc1. The lowest BCUT2D eigenvalue weighted by Crippen LogP contribution is -2.51. The van der Waals surface area contributed by atoms with Crippen molar-refractivity contribution in [1.82, 2.24) is 14.5 Å². The lowest BCUT2D eigenvalue weighted by Gasteiger charge is -2.35. The Kier molecular flexibility index (Phi) is 6.48. The van der Waals surface area contributed by atoms with Gasteiger partial charge in [0.05, 0.1) is 17.6 Å². The first-order valence-electron chi connectivity index (χ1n) is 12.1. The van der Waals surface area contributed by atoms with Crippen molar-refractivity contribution in [1.29, 1.82) is 0 Å². The molecular formula is C28H29N5O2. The highest BCUT2D eigenvalue weighted by Crippen LogP contribution is 2.18. The molecule has 1 aliphatic heterocycles. The van der Waals surface area contributed by atoms with Gasteiger partial charge in [0.2, 0.25) is 0 Å². The van der Waals surface area contributed by atoms with Gasteiger partial charge in [-0.15, -0.1) is 0 Å². The summed E-state index contributed by atoms with van der Waals surface area (Å²) in [6, 6.07) is 25.5. The summed E-state index contributed by atoms with van der Waals surface area (Å²) in [4.78, 5) is 34.9. The van der Waals surface area contributed by atoms with Gasteiger partial charge >= 0.3 is 6.03 Å². The van der Waals surface area contributed by atoms with E-state index in [4.69, 9.17) is 4.98 Å². The zero-order valence-electron chi connectivity index (χ0n) is 19.9. The van der Waals surface area contributed by atoms with Crippen LogP contribution < -0.4 is 15.8 Å². The molecule has 1 aliphatic rings. The van der Waals surface area contributed by atoms with Gasteiger partial charge in [0, 0.05) is 31.9 Å². The molecule has 0 aliphatic carbocycles. The summed E-state index contributed by atoms with van der Waals surface area (Å²) in [6.07, 6.45) is 0.964. The average Bonchev–Trinajstić information content (AvgIpc) is 2.91. The molecule has 0 spiro atoms. The molecule has 0 unspecified atom stereocenters. The van der Waals surface area contributed by atoms with Gasteiger partial charge in [0.25, 0.3) is 5.56 Å². The Bertz CT molecular complexity index is 1370.